The number of amides is 2. The second-order valence-corrected chi connectivity index (χ2v) is 8.42. The first-order valence-electron chi connectivity index (χ1n) is 9.98. The van der Waals surface area contributed by atoms with Crippen LogP contribution in [0.2, 0.25) is 0 Å². The van der Waals surface area contributed by atoms with Gasteiger partial charge in [-0.3, -0.25) is 14.4 Å². The molecule has 3 aromatic rings. The summed E-state index contributed by atoms with van der Waals surface area (Å²) in [6.45, 7) is 0. The molecule has 3 atom stereocenters. The molecule has 0 unspecified atom stereocenters. The van der Waals surface area contributed by atoms with E-state index in [1.807, 2.05) is 42.5 Å². The third-order valence-electron chi connectivity index (χ3n) is 5.73. The van der Waals surface area contributed by atoms with Crippen LogP contribution in [0.25, 0.3) is 0 Å². The number of halogens is 2. The minimum absolute atomic E-state index is 0.0771. The Balaban J connectivity index is 1.65. The van der Waals surface area contributed by atoms with E-state index < -0.39 is 35.7 Å². The lowest BCUT2D eigenvalue weighted by molar-refractivity contribution is -0.126. The molecule has 2 aliphatic rings. The number of carbonyl (C=O) groups excluding carboxylic acids is 2. The molecule has 2 fully saturated rings. The van der Waals surface area contributed by atoms with Gasteiger partial charge in [0.15, 0.2) is 6.10 Å². The molecule has 6 nitrogen and oxygen atoms in total. The van der Waals surface area contributed by atoms with E-state index in [1.54, 1.807) is 24.3 Å². The molecule has 0 saturated carbocycles. The summed E-state index contributed by atoms with van der Waals surface area (Å²) in [5, 5.41) is 1.58. The lowest BCUT2D eigenvalue weighted by Crippen LogP contribution is -2.38. The van der Waals surface area contributed by atoms with Crippen molar-refractivity contribution in [3.8, 4) is 5.75 Å². The van der Waals surface area contributed by atoms with Crippen molar-refractivity contribution in [1.29, 1.82) is 0 Å². The zero-order valence-electron chi connectivity index (χ0n) is 16.9. The van der Waals surface area contributed by atoms with E-state index in [1.165, 1.54) is 18.2 Å². The number of hydrogen-bond acceptors (Lipinski definition) is 5. The lowest BCUT2D eigenvalue weighted by atomic mass is 9.90. The molecule has 0 aliphatic carbocycles. The maximum absolute atomic E-state index is 14.5. The molecule has 32 heavy (non-hydrogen) atoms. The first-order chi connectivity index (χ1) is 15.5. The highest BCUT2D eigenvalue weighted by Gasteiger charge is 2.61. The van der Waals surface area contributed by atoms with Crippen LogP contribution in [0, 0.1) is 11.7 Å². The number of para-hydroxylation sites is 2. The fourth-order valence-corrected chi connectivity index (χ4v) is 4.71. The first kappa shape index (κ1) is 20.7. The number of benzene rings is 3. The van der Waals surface area contributed by atoms with Gasteiger partial charge in [0.1, 0.15) is 17.5 Å². The number of nitrogens with zero attached hydrogens (tertiary/aromatic N) is 2. The van der Waals surface area contributed by atoms with Gasteiger partial charge in [0.2, 0.25) is 5.91 Å². The molecule has 0 spiro atoms. The molecule has 5 rings (SSSR count). The van der Waals surface area contributed by atoms with E-state index >= 15 is 0 Å². The minimum Gasteiger partial charge on any atom is -0.496 e. The Hall–Kier alpha value is -3.23. The molecule has 0 aromatic heterocycles. The predicted molar refractivity (Wildman–Crippen MR) is 120 cm³/mol. The molecular weight excluding hydrogens is 479 g/mol. The van der Waals surface area contributed by atoms with Gasteiger partial charge in [-0.1, -0.05) is 46.3 Å². The molecule has 3 aromatic carbocycles. The summed E-state index contributed by atoms with van der Waals surface area (Å²) in [4.78, 5) is 33.8. The van der Waals surface area contributed by atoms with Crippen LogP contribution >= 0.6 is 15.9 Å². The van der Waals surface area contributed by atoms with Gasteiger partial charge >= 0.3 is 0 Å². The summed E-state index contributed by atoms with van der Waals surface area (Å²) in [5.41, 5.74) is 1.29. The molecule has 2 amide bonds. The fourth-order valence-electron chi connectivity index (χ4n) is 4.34. The molecule has 8 heteroatoms. The average Bonchev–Trinajstić information content (AvgIpc) is 3.31. The summed E-state index contributed by atoms with van der Waals surface area (Å²) in [6, 6.07) is 19.7. The van der Waals surface area contributed by atoms with Gasteiger partial charge in [-0.15, -0.1) is 0 Å². The predicted octanol–water partition coefficient (Wildman–Crippen LogP) is 4.65. The number of hydroxylamine groups is 1. The first-order valence-corrected chi connectivity index (χ1v) is 10.8. The molecule has 0 N–H and O–H groups in total. The Morgan fingerprint density at radius 1 is 0.969 bits per heavy atom. The third kappa shape index (κ3) is 3.18. The zero-order valence-corrected chi connectivity index (χ0v) is 18.5. The van der Waals surface area contributed by atoms with Crippen LogP contribution in [0.15, 0.2) is 77.3 Å². The number of anilines is 2. The SMILES string of the molecule is COc1ccc(Br)cc1[C@@H]1[C@@H]2C(=O)N(c3ccccc3F)C(=O)[C@@H]2ON1c1ccccc1. The maximum Gasteiger partial charge on any atom is 0.266 e. The van der Waals surface area contributed by atoms with Crippen molar-refractivity contribution >= 4 is 39.1 Å². The number of methoxy groups -OCH3 is 1. The lowest BCUT2D eigenvalue weighted by Gasteiger charge is -2.29. The summed E-state index contributed by atoms with van der Waals surface area (Å²) >= 11 is 3.48. The quantitative estimate of drug-likeness (QED) is 0.492. The summed E-state index contributed by atoms with van der Waals surface area (Å²) < 4.78 is 20.8. The van der Waals surface area contributed by atoms with Crippen molar-refractivity contribution in [3.05, 3.63) is 88.6 Å². The fraction of sp³-hybridized carbons (Fsp3) is 0.167. The smallest absolute Gasteiger partial charge is 0.266 e. The molecule has 2 heterocycles. The Labute approximate surface area is 192 Å². The molecule has 2 aliphatic heterocycles. The normalized spacial score (nSPS) is 22.4. The maximum atomic E-state index is 14.5. The summed E-state index contributed by atoms with van der Waals surface area (Å²) in [5.74, 6) is -2.10. The molecule has 0 radical (unpaired) electrons. The van der Waals surface area contributed by atoms with Crippen LogP contribution in [-0.2, 0) is 14.4 Å². The number of imide groups is 1. The van der Waals surface area contributed by atoms with E-state index in [0.29, 0.717) is 17.0 Å². The van der Waals surface area contributed by atoms with Gasteiger partial charge in [0.05, 0.1) is 24.5 Å². The van der Waals surface area contributed by atoms with Gasteiger partial charge in [0, 0.05) is 10.0 Å². The molecule has 2 saturated heterocycles. The van der Waals surface area contributed by atoms with Gasteiger partial charge in [-0.2, -0.15) is 0 Å². The van der Waals surface area contributed by atoms with Gasteiger partial charge in [-0.05, 0) is 42.5 Å². The van der Waals surface area contributed by atoms with E-state index in [9.17, 15) is 14.0 Å². The topological polar surface area (TPSA) is 59.1 Å². The van der Waals surface area contributed by atoms with Crippen LogP contribution in [-0.4, -0.2) is 25.0 Å². The van der Waals surface area contributed by atoms with Crippen LogP contribution < -0.4 is 14.7 Å². The second-order valence-electron chi connectivity index (χ2n) is 7.51. The highest BCUT2D eigenvalue weighted by molar-refractivity contribution is 9.10. The standard InChI is InChI=1S/C24H18BrFN2O4/c1-31-19-12-11-14(25)13-16(19)21-20-22(32-28(21)15-7-3-2-4-8-15)24(30)27(23(20)29)18-10-6-5-9-17(18)26/h2-13,20-22H,1H3/t20-,21+,22+/m0/s1. The van der Waals surface area contributed by atoms with Crippen molar-refractivity contribution < 1.29 is 23.6 Å². The summed E-state index contributed by atoms with van der Waals surface area (Å²) in [6.07, 6.45) is -1.09. The molecular formula is C24H18BrFN2O4. The van der Waals surface area contributed by atoms with Crippen LogP contribution in [0.1, 0.15) is 11.6 Å². The van der Waals surface area contributed by atoms with E-state index in [0.717, 1.165) is 9.37 Å². The van der Waals surface area contributed by atoms with Gasteiger partial charge in [0.25, 0.3) is 5.91 Å². The Morgan fingerprint density at radius 2 is 1.69 bits per heavy atom. The largest absolute Gasteiger partial charge is 0.496 e. The molecule has 0 bridgehead atoms. The second kappa shape index (κ2) is 8.03. The van der Waals surface area contributed by atoms with Crippen molar-refractivity contribution in [3.63, 3.8) is 0 Å². The zero-order chi connectivity index (χ0) is 22.4. The van der Waals surface area contributed by atoms with Crippen molar-refractivity contribution in [2.45, 2.75) is 12.1 Å². The third-order valence-corrected chi connectivity index (χ3v) is 6.22. The van der Waals surface area contributed by atoms with Crippen molar-refractivity contribution in [2.75, 3.05) is 17.1 Å². The Kier molecular flexibility index (Phi) is 5.19. The number of fused-ring (bicyclic) bond motifs is 1. The monoisotopic (exact) mass is 496 g/mol. The Morgan fingerprint density at radius 3 is 2.41 bits per heavy atom. The van der Waals surface area contributed by atoms with Crippen molar-refractivity contribution in [1.82, 2.24) is 0 Å². The minimum atomic E-state index is -1.09. The van der Waals surface area contributed by atoms with Crippen LogP contribution in [0.3, 0.4) is 0 Å². The number of carbonyl (C=O) groups is 2. The highest BCUT2D eigenvalue weighted by Crippen LogP contribution is 2.50. The molecule has 162 valence electrons. The van der Waals surface area contributed by atoms with E-state index in [-0.39, 0.29) is 5.69 Å². The number of ether oxygens (including phenoxy) is 1. The van der Waals surface area contributed by atoms with Crippen LogP contribution in [0.5, 0.6) is 5.75 Å². The number of hydrogen-bond donors (Lipinski definition) is 0. The average molecular weight is 497 g/mol. The van der Waals surface area contributed by atoms with E-state index in [4.69, 9.17) is 9.57 Å². The highest BCUT2D eigenvalue weighted by atomic mass is 79.9. The Bertz CT molecular complexity index is 1210. The summed E-state index contributed by atoms with van der Waals surface area (Å²) in [7, 11) is 1.54. The number of rotatable bonds is 4. The van der Waals surface area contributed by atoms with Gasteiger partial charge in [-0.25, -0.2) is 14.4 Å². The van der Waals surface area contributed by atoms with Gasteiger partial charge < -0.3 is 4.74 Å². The van der Waals surface area contributed by atoms with E-state index in [2.05, 4.69) is 15.9 Å². The van der Waals surface area contributed by atoms with Crippen LogP contribution in [0.4, 0.5) is 15.8 Å². The van der Waals surface area contributed by atoms with Crippen molar-refractivity contribution in [2.24, 2.45) is 5.92 Å².